The van der Waals surface area contributed by atoms with Crippen molar-refractivity contribution >= 4 is 5.69 Å². The number of anilines is 1. The number of benzene rings is 1. The highest BCUT2D eigenvalue weighted by atomic mass is 16.3. The van der Waals surface area contributed by atoms with E-state index >= 15 is 0 Å². The fraction of sp³-hybridized carbons (Fsp3) is 0.353. The van der Waals surface area contributed by atoms with Crippen molar-refractivity contribution in [1.29, 1.82) is 0 Å². The Kier molecular flexibility index (Phi) is 3.66. The molecule has 0 saturated carbocycles. The number of nitrogen functional groups attached to an aromatic ring is 1. The number of rotatable bonds is 3. The van der Waals surface area contributed by atoms with Gasteiger partial charge in [0.15, 0.2) is 0 Å². The number of aromatic nitrogens is 1. The van der Waals surface area contributed by atoms with Crippen molar-refractivity contribution in [2.75, 3.05) is 18.8 Å². The molecule has 1 aliphatic rings. The van der Waals surface area contributed by atoms with Gasteiger partial charge in [-0.15, -0.1) is 0 Å². The van der Waals surface area contributed by atoms with Crippen molar-refractivity contribution in [1.82, 2.24) is 9.88 Å². The highest BCUT2D eigenvalue weighted by Gasteiger charge is 2.28. The zero-order valence-corrected chi connectivity index (χ0v) is 12.3. The predicted octanol–water partition coefficient (Wildman–Crippen LogP) is 1.93. The molecule has 0 bridgehead atoms. The van der Waals surface area contributed by atoms with Gasteiger partial charge in [-0.25, -0.2) is 0 Å². The fourth-order valence-electron chi connectivity index (χ4n) is 2.98. The van der Waals surface area contributed by atoms with Gasteiger partial charge in [0, 0.05) is 49.2 Å². The van der Waals surface area contributed by atoms with Gasteiger partial charge in [-0.05, 0) is 18.6 Å². The number of hydrogen-bond donors (Lipinski definition) is 2. The van der Waals surface area contributed by atoms with Crippen LogP contribution in [0, 0.1) is 0 Å². The lowest BCUT2D eigenvalue weighted by Gasteiger charge is -2.35. The number of nitrogens with zero attached hydrogens (tertiary/aromatic N) is 2. The van der Waals surface area contributed by atoms with Crippen LogP contribution in [0.5, 0.6) is 0 Å². The lowest BCUT2D eigenvalue weighted by atomic mass is 9.94. The van der Waals surface area contributed by atoms with Gasteiger partial charge in [0.2, 0.25) is 0 Å². The fourth-order valence-corrected chi connectivity index (χ4v) is 2.98. The molecule has 0 amide bonds. The molecule has 0 spiro atoms. The Morgan fingerprint density at radius 2 is 2.05 bits per heavy atom. The number of fused-ring (bicyclic) bond motifs is 1. The number of aliphatic hydroxyl groups is 1. The molecule has 1 atom stereocenters. The van der Waals surface area contributed by atoms with Gasteiger partial charge in [-0.1, -0.05) is 30.3 Å². The third kappa shape index (κ3) is 2.91. The van der Waals surface area contributed by atoms with E-state index in [0.29, 0.717) is 6.54 Å². The Labute approximate surface area is 125 Å². The summed E-state index contributed by atoms with van der Waals surface area (Å²) in [6, 6.07) is 11.6. The molecule has 110 valence electrons. The summed E-state index contributed by atoms with van der Waals surface area (Å²) in [5.74, 6) is 0. The maximum atomic E-state index is 10.8. The van der Waals surface area contributed by atoms with Crippen LogP contribution in [-0.2, 0) is 18.6 Å². The van der Waals surface area contributed by atoms with Gasteiger partial charge in [0.25, 0.3) is 0 Å². The second kappa shape index (κ2) is 5.47. The average Bonchev–Trinajstić information content (AvgIpc) is 2.49. The molecular weight excluding hydrogens is 262 g/mol. The molecular formula is C17H21N3O. The summed E-state index contributed by atoms with van der Waals surface area (Å²) in [6.07, 6.45) is 2.65. The normalized spacial score (nSPS) is 18.0. The zero-order valence-electron chi connectivity index (χ0n) is 12.3. The maximum absolute atomic E-state index is 10.8. The van der Waals surface area contributed by atoms with Gasteiger partial charge in [-0.2, -0.15) is 0 Å². The molecule has 3 rings (SSSR count). The van der Waals surface area contributed by atoms with Crippen LogP contribution in [0.3, 0.4) is 0 Å². The summed E-state index contributed by atoms with van der Waals surface area (Å²) < 4.78 is 0. The van der Waals surface area contributed by atoms with E-state index in [-0.39, 0.29) is 0 Å². The molecule has 21 heavy (non-hydrogen) atoms. The van der Waals surface area contributed by atoms with E-state index in [1.807, 2.05) is 43.3 Å². The minimum Gasteiger partial charge on any atom is -0.398 e. The lowest BCUT2D eigenvalue weighted by molar-refractivity contribution is 0.0116. The molecule has 1 aromatic heterocycles. The van der Waals surface area contributed by atoms with Crippen molar-refractivity contribution in [3.05, 3.63) is 59.4 Å². The van der Waals surface area contributed by atoms with Crippen LogP contribution in [0.4, 0.5) is 5.69 Å². The number of hydrogen-bond acceptors (Lipinski definition) is 4. The van der Waals surface area contributed by atoms with Gasteiger partial charge < -0.3 is 10.8 Å². The average molecular weight is 283 g/mol. The van der Waals surface area contributed by atoms with Gasteiger partial charge in [-0.3, -0.25) is 9.88 Å². The van der Waals surface area contributed by atoms with Crippen molar-refractivity contribution in [2.24, 2.45) is 0 Å². The topological polar surface area (TPSA) is 62.4 Å². The molecule has 0 aliphatic carbocycles. The summed E-state index contributed by atoms with van der Waals surface area (Å²) in [7, 11) is 0. The summed E-state index contributed by atoms with van der Waals surface area (Å²) in [5.41, 5.74) is 9.11. The molecule has 4 heteroatoms. The van der Waals surface area contributed by atoms with E-state index in [2.05, 4.69) is 9.88 Å². The molecule has 4 nitrogen and oxygen atoms in total. The second-order valence-corrected chi connectivity index (χ2v) is 5.93. The highest BCUT2D eigenvalue weighted by Crippen LogP contribution is 2.27. The smallest absolute Gasteiger partial charge is 0.0994 e. The first-order valence-corrected chi connectivity index (χ1v) is 7.29. The van der Waals surface area contributed by atoms with Crippen LogP contribution in [0.1, 0.15) is 23.7 Å². The van der Waals surface area contributed by atoms with Crippen LogP contribution in [0.2, 0.25) is 0 Å². The molecule has 2 aromatic rings. The summed E-state index contributed by atoms with van der Waals surface area (Å²) >= 11 is 0. The Bertz CT molecular complexity index is 625. The van der Waals surface area contributed by atoms with Gasteiger partial charge in [0.05, 0.1) is 5.60 Å². The van der Waals surface area contributed by atoms with Crippen molar-refractivity contribution in [2.45, 2.75) is 25.5 Å². The summed E-state index contributed by atoms with van der Waals surface area (Å²) in [6.45, 7) is 4.10. The number of nitrogens with two attached hydrogens (primary N) is 1. The first-order valence-electron chi connectivity index (χ1n) is 7.29. The lowest BCUT2D eigenvalue weighted by Crippen LogP contribution is -2.41. The SMILES string of the molecule is CC(O)(CN1CCc2nccc(N)c2C1)c1ccccc1. The Hall–Kier alpha value is -1.91. The van der Waals surface area contributed by atoms with Crippen LogP contribution in [0.25, 0.3) is 0 Å². The molecule has 0 fully saturated rings. The molecule has 2 heterocycles. The minimum absolute atomic E-state index is 0.588. The van der Waals surface area contributed by atoms with Crippen molar-refractivity contribution < 1.29 is 5.11 Å². The third-order valence-electron chi connectivity index (χ3n) is 4.16. The van der Waals surface area contributed by atoms with Gasteiger partial charge >= 0.3 is 0 Å². The number of pyridine rings is 1. The first kappa shape index (κ1) is 14.0. The molecule has 0 radical (unpaired) electrons. The highest BCUT2D eigenvalue weighted by molar-refractivity contribution is 5.48. The van der Waals surface area contributed by atoms with E-state index in [9.17, 15) is 5.11 Å². The maximum Gasteiger partial charge on any atom is 0.0994 e. The Balaban J connectivity index is 1.77. The summed E-state index contributed by atoms with van der Waals surface area (Å²) in [5, 5.41) is 10.8. The van der Waals surface area contributed by atoms with E-state index in [1.165, 1.54) is 0 Å². The quantitative estimate of drug-likeness (QED) is 0.903. The monoisotopic (exact) mass is 283 g/mol. The van der Waals surface area contributed by atoms with Crippen LogP contribution in [-0.4, -0.2) is 28.1 Å². The third-order valence-corrected chi connectivity index (χ3v) is 4.16. The van der Waals surface area contributed by atoms with E-state index in [0.717, 1.165) is 42.0 Å². The van der Waals surface area contributed by atoms with Crippen molar-refractivity contribution in [3.63, 3.8) is 0 Å². The zero-order chi connectivity index (χ0) is 14.9. The van der Waals surface area contributed by atoms with E-state index < -0.39 is 5.60 Å². The van der Waals surface area contributed by atoms with Gasteiger partial charge in [0.1, 0.15) is 0 Å². The minimum atomic E-state index is -0.865. The Morgan fingerprint density at radius 3 is 2.81 bits per heavy atom. The molecule has 1 aromatic carbocycles. The Morgan fingerprint density at radius 1 is 1.29 bits per heavy atom. The standard InChI is InChI=1S/C17H21N3O/c1-17(21,13-5-3-2-4-6-13)12-20-10-8-16-14(11-20)15(18)7-9-19-16/h2-7,9,21H,8,10-12H2,1H3,(H2,18,19). The van der Waals surface area contributed by atoms with Crippen LogP contribution in [0.15, 0.2) is 42.6 Å². The second-order valence-electron chi connectivity index (χ2n) is 5.93. The first-order chi connectivity index (χ1) is 10.1. The van der Waals surface area contributed by atoms with Crippen LogP contribution < -0.4 is 5.73 Å². The van der Waals surface area contributed by atoms with Crippen molar-refractivity contribution in [3.8, 4) is 0 Å². The van der Waals surface area contributed by atoms with E-state index in [1.54, 1.807) is 6.20 Å². The predicted molar refractivity (Wildman–Crippen MR) is 83.6 cm³/mol. The van der Waals surface area contributed by atoms with Crippen LogP contribution >= 0.6 is 0 Å². The molecule has 1 aliphatic heterocycles. The molecule has 3 N–H and O–H groups in total. The largest absolute Gasteiger partial charge is 0.398 e. The summed E-state index contributed by atoms with van der Waals surface area (Å²) in [4.78, 5) is 6.64. The molecule has 0 saturated heterocycles. The van der Waals surface area contributed by atoms with E-state index in [4.69, 9.17) is 5.73 Å². The number of β-amino-alcohol motifs (C(OH)–C–C–N with tert-alkyl or cyclic N) is 1. The molecule has 1 unspecified atom stereocenters.